The van der Waals surface area contributed by atoms with Crippen molar-refractivity contribution < 1.29 is 4.79 Å². The normalized spacial score (nSPS) is 15.1. The van der Waals surface area contributed by atoms with Gasteiger partial charge in [-0.1, -0.05) is 17.7 Å². The summed E-state index contributed by atoms with van der Waals surface area (Å²) in [5.41, 5.74) is 1.94. The Kier molecular flexibility index (Phi) is 4.86. The summed E-state index contributed by atoms with van der Waals surface area (Å²) in [6.07, 6.45) is 6.36. The fourth-order valence-corrected chi connectivity index (χ4v) is 3.14. The molecule has 1 aliphatic rings. The molecule has 0 unspecified atom stereocenters. The first-order chi connectivity index (χ1) is 11.6. The van der Waals surface area contributed by atoms with E-state index in [4.69, 9.17) is 11.6 Å². The van der Waals surface area contributed by atoms with Crippen molar-refractivity contribution in [2.45, 2.75) is 31.7 Å². The van der Waals surface area contributed by atoms with E-state index >= 15 is 0 Å². The third-order valence-corrected chi connectivity index (χ3v) is 4.52. The van der Waals surface area contributed by atoms with Crippen molar-refractivity contribution in [1.29, 1.82) is 0 Å². The molecule has 0 saturated heterocycles. The highest BCUT2D eigenvalue weighted by molar-refractivity contribution is 6.30. The number of amides is 1. The van der Waals surface area contributed by atoms with Gasteiger partial charge in [0.15, 0.2) is 0 Å². The summed E-state index contributed by atoms with van der Waals surface area (Å²) in [6.45, 7) is 1.91. The zero-order valence-electron chi connectivity index (χ0n) is 13.6. The fourth-order valence-electron chi connectivity index (χ4n) is 2.89. The molecule has 1 amide bonds. The minimum atomic E-state index is -0.365. The number of carbonyl (C=O) groups is 1. The van der Waals surface area contributed by atoms with Gasteiger partial charge in [0.2, 0.25) is 0 Å². The van der Waals surface area contributed by atoms with Crippen molar-refractivity contribution >= 4 is 17.5 Å². The van der Waals surface area contributed by atoms with Gasteiger partial charge in [-0.05, 0) is 68.1 Å². The van der Waals surface area contributed by atoms with E-state index < -0.39 is 0 Å². The molecule has 1 fully saturated rings. The number of halogens is 1. The van der Waals surface area contributed by atoms with Gasteiger partial charge in [0, 0.05) is 17.4 Å². The lowest BCUT2D eigenvalue weighted by atomic mass is 9.74. The first kappa shape index (κ1) is 16.5. The van der Waals surface area contributed by atoms with Crippen LogP contribution in [0.5, 0.6) is 0 Å². The first-order valence-electron chi connectivity index (χ1n) is 8.02. The van der Waals surface area contributed by atoms with Gasteiger partial charge >= 0.3 is 0 Å². The number of rotatable bonds is 3. The van der Waals surface area contributed by atoms with Crippen LogP contribution in [-0.2, 0) is 5.54 Å². The Morgan fingerprint density at radius 2 is 2.08 bits per heavy atom. The van der Waals surface area contributed by atoms with Gasteiger partial charge in [0.25, 0.3) is 5.91 Å². The Morgan fingerprint density at radius 1 is 1.25 bits per heavy atom. The fraction of sp³-hybridized carbons (Fsp3) is 0.263. The molecule has 1 saturated carbocycles. The predicted octanol–water partition coefficient (Wildman–Crippen LogP) is 4.31. The van der Waals surface area contributed by atoms with Crippen LogP contribution in [0.4, 0.5) is 0 Å². The lowest BCUT2D eigenvalue weighted by Crippen LogP contribution is -2.51. The molecule has 2 heterocycles. The van der Waals surface area contributed by atoms with Crippen molar-refractivity contribution in [3.05, 3.63) is 76.8 Å². The summed E-state index contributed by atoms with van der Waals surface area (Å²) in [6, 6.07) is 13.0. The number of pyridine rings is 1. The van der Waals surface area contributed by atoms with Crippen LogP contribution >= 0.6 is 11.6 Å². The van der Waals surface area contributed by atoms with Gasteiger partial charge in [0.1, 0.15) is 5.69 Å². The maximum atomic E-state index is 12.8. The number of nitrogens with zero attached hydrogens (tertiary/aromatic N) is 1. The zero-order chi connectivity index (χ0) is 17.0. The molecule has 4 nitrogen and oxygen atoms in total. The molecule has 124 valence electrons. The zero-order valence-corrected chi connectivity index (χ0v) is 14.3. The maximum Gasteiger partial charge on any atom is 0.268 e. The molecule has 1 aliphatic carbocycles. The molecule has 0 spiro atoms. The van der Waals surface area contributed by atoms with E-state index in [-0.39, 0.29) is 11.4 Å². The summed E-state index contributed by atoms with van der Waals surface area (Å²) in [4.78, 5) is 20.3. The summed E-state index contributed by atoms with van der Waals surface area (Å²) >= 11 is 6.07. The Morgan fingerprint density at radius 3 is 2.75 bits per heavy atom. The summed E-state index contributed by atoms with van der Waals surface area (Å²) in [5.74, 6) is -0.143. The molecule has 2 aromatic rings. The third kappa shape index (κ3) is 3.60. The molecule has 0 aliphatic heterocycles. The minimum Gasteiger partial charge on any atom is -0.357 e. The highest BCUT2D eigenvalue weighted by atomic mass is 35.5. The van der Waals surface area contributed by atoms with E-state index in [1.54, 1.807) is 30.6 Å². The van der Waals surface area contributed by atoms with E-state index in [1.165, 1.54) is 0 Å². The minimum absolute atomic E-state index is 0.143. The third-order valence-electron chi connectivity index (χ3n) is 4.29. The van der Waals surface area contributed by atoms with Crippen LogP contribution in [0.25, 0.3) is 0 Å². The number of hydrogen-bond donors (Lipinski definition) is 2. The number of H-pyrrole nitrogens is 1. The van der Waals surface area contributed by atoms with Gasteiger partial charge in [-0.3, -0.25) is 9.78 Å². The van der Waals surface area contributed by atoms with Crippen LogP contribution in [0.1, 0.15) is 41.0 Å². The van der Waals surface area contributed by atoms with E-state index in [0.29, 0.717) is 10.7 Å². The molecular weight excluding hydrogens is 322 g/mol. The van der Waals surface area contributed by atoms with Crippen molar-refractivity contribution in [3.63, 3.8) is 0 Å². The number of aryl methyl sites for hydroxylation is 1. The lowest BCUT2D eigenvalue weighted by Gasteiger charge is -2.41. The SMILES string of the molecule is Cc1cc(Cl)ccc[nH]c(C(=O)NC2(c3ccccn3)CCC2)c1. The molecule has 2 aromatic heterocycles. The molecule has 24 heavy (non-hydrogen) atoms. The van der Waals surface area contributed by atoms with Crippen molar-refractivity contribution in [2.24, 2.45) is 0 Å². The van der Waals surface area contributed by atoms with Crippen LogP contribution in [-0.4, -0.2) is 15.9 Å². The van der Waals surface area contributed by atoms with E-state index in [9.17, 15) is 4.79 Å². The Bertz CT molecular complexity index is 780. The summed E-state index contributed by atoms with van der Waals surface area (Å²) < 4.78 is 0. The smallest absolute Gasteiger partial charge is 0.268 e. The molecule has 5 heteroatoms. The van der Waals surface area contributed by atoms with Gasteiger partial charge in [-0.2, -0.15) is 0 Å². The molecule has 0 bridgehead atoms. The molecule has 3 rings (SSSR count). The number of aromatic amines is 1. The Balaban J connectivity index is 1.91. The standard InChI is InChI=1S/C19H20ClN3O/c1-14-12-15(20)6-4-11-21-16(13-14)18(24)23-19(8-5-9-19)17-7-2-3-10-22-17/h2-4,6-7,10-13,21H,5,8-9H2,1H3,(H,23,24). The highest BCUT2D eigenvalue weighted by Crippen LogP contribution is 2.40. The number of aromatic nitrogens is 2. The van der Waals surface area contributed by atoms with Gasteiger partial charge in [-0.25, -0.2) is 0 Å². The average molecular weight is 342 g/mol. The lowest BCUT2D eigenvalue weighted by molar-refractivity contribution is 0.0811. The maximum absolute atomic E-state index is 12.8. The van der Waals surface area contributed by atoms with Gasteiger partial charge in [0.05, 0.1) is 11.2 Å². The topological polar surface area (TPSA) is 57.8 Å². The molecule has 0 radical (unpaired) electrons. The van der Waals surface area contributed by atoms with Crippen LogP contribution in [0.15, 0.2) is 54.9 Å². The van der Waals surface area contributed by atoms with Crippen LogP contribution in [0.2, 0.25) is 5.02 Å². The second kappa shape index (κ2) is 7.05. The second-order valence-corrected chi connectivity index (χ2v) is 6.54. The quantitative estimate of drug-likeness (QED) is 0.874. The Hall–Kier alpha value is -2.33. The number of carbonyl (C=O) groups excluding carboxylic acids is 1. The van der Waals surface area contributed by atoms with Gasteiger partial charge < -0.3 is 10.3 Å². The van der Waals surface area contributed by atoms with Crippen LogP contribution < -0.4 is 5.32 Å². The second-order valence-electron chi connectivity index (χ2n) is 6.11. The number of hydrogen-bond acceptors (Lipinski definition) is 2. The highest BCUT2D eigenvalue weighted by Gasteiger charge is 2.41. The molecule has 2 N–H and O–H groups in total. The monoisotopic (exact) mass is 341 g/mol. The van der Waals surface area contributed by atoms with Crippen LogP contribution in [0, 0.1) is 6.92 Å². The van der Waals surface area contributed by atoms with E-state index in [0.717, 1.165) is 30.5 Å². The molecule has 0 aromatic carbocycles. The van der Waals surface area contributed by atoms with Crippen molar-refractivity contribution in [3.8, 4) is 0 Å². The molecular formula is C19H20ClN3O. The van der Waals surface area contributed by atoms with Crippen LogP contribution in [0.3, 0.4) is 0 Å². The van der Waals surface area contributed by atoms with Crippen molar-refractivity contribution in [2.75, 3.05) is 0 Å². The Labute approximate surface area is 146 Å². The van der Waals surface area contributed by atoms with E-state index in [2.05, 4.69) is 15.3 Å². The van der Waals surface area contributed by atoms with Gasteiger partial charge in [-0.15, -0.1) is 0 Å². The number of nitrogens with one attached hydrogen (secondary N) is 2. The van der Waals surface area contributed by atoms with Crippen molar-refractivity contribution in [1.82, 2.24) is 15.3 Å². The summed E-state index contributed by atoms with van der Waals surface area (Å²) in [7, 11) is 0. The first-order valence-corrected chi connectivity index (χ1v) is 8.40. The van der Waals surface area contributed by atoms with E-state index in [1.807, 2.05) is 31.2 Å². The average Bonchev–Trinajstić information content (AvgIpc) is 2.61. The predicted molar refractivity (Wildman–Crippen MR) is 95.4 cm³/mol. The summed E-state index contributed by atoms with van der Waals surface area (Å²) in [5, 5.41) is 3.79. The molecule has 0 atom stereocenters. The largest absolute Gasteiger partial charge is 0.357 e.